The zero-order valence-corrected chi connectivity index (χ0v) is 9.88. The second kappa shape index (κ2) is 6.20. The minimum atomic E-state index is -0.0492. The van der Waals surface area contributed by atoms with Crippen LogP contribution in [0.4, 0.5) is 0 Å². The second-order valence-electron chi connectivity index (χ2n) is 3.58. The first kappa shape index (κ1) is 12.6. The van der Waals surface area contributed by atoms with Gasteiger partial charge in [-0.25, -0.2) is 0 Å². The fraction of sp³-hybridized carbons (Fsp3) is 0.600. The molecule has 0 aromatic rings. The molecule has 84 valence electrons. The third-order valence-corrected chi connectivity index (χ3v) is 2.31. The van der Waals surface area contributed by atoms with Crippen molar-refractivity contribution in [2.75, 3.05) is 20.6 Å². The maximum Gasteiger partial charge on any atom is 0.197 e. The molecule has 6 heteroatoms. The van der Waals surface area contributed by atoms with Gasteiger partial charge >= 0.3 is 0 Å². The molecule has 0 aromatic heterocycles. The molecule has 0 aromatic carbocycles. The highest BCUT2D eigenvalue weighted by Gasteiger charge is 2.15. The van der Waals surface area contributed by atoms with E-state index in [0.717, 1.165) is 5.57 Å². The van der Waals surface area contributed by atoms with Crippen molar-refractivity contribution < 1.29 is 0 Å². The monoisotopic (exact) mass is 217 g/mol. The van der Waals surface area contributed by atoms with Gasteiger partial charge in [0.25, 0.3) is 0 Å². The number of amidine groups is 1. The van der Waals surface area contributed by atoms with Gasteiger partial charge in [-0.1, -0.05) is 13.0 Å². The lowest BCUT2D eigenvalue weighted by Crippen LogP contribution is -2.09. The van der Waals surface area contributed by atoms with E-state index >= 15 is 0 Å². The molecule has 0 amide bonds. The van der Waals surface area contributed by atoms with Gasteiger partial charge in [0.05, 0.1) is 14.4 Å². The highest BCUT2D eigenvalue weighted by Crippen LogP contribution is 2.19. The predicted octanol–water partition coefficient (Wildman–Crippen LogP) is 1.21. The lowest BCUT2D eigenvalue weighted by atomic mass is 9.78. The number of rotatable bonds is 2. The van der Waals surface area contributed by atoms with Gasteiger partial charge in [-0.15, -0.1) is 5.11 Å². The van der Waals surface area contributed by atoms with Crippen LogP contribution < -0.4 is 5.43 Å². The summed E-state index contributed by atoms with van der Waals surface area (Å²) in [5.41, 5.74) is 3.65. The molecule has 1 rings (SSSR count). The smallest absolute Gasteiger partial charge is 0.197 e. The number of allylic oxidation sites excluding steroid dienone is 1. The topological polar surface area (TPSA) is 61.5 Å². The van der Waals surface area contributed by atoms with Crippen LogP contribution in [0.25, 0.3) is 0 Å². The average Bonchev–Trinajstić information content (AvgIpc) is 2.42. The highest BCUT2D eigenvalue weighted by atomic mass is 15.3. The molecule has 1 heterocycles. The lowest BCUT2D eigenvalue weighted by molar-refractivity contribution is 0.774. The van der Waals surface area contributed by atoms with E-state index in [1.165, 1.54) is 0 Å². The fourth-order valence-electron chi connectivity index (χ4n) is 1.39. The van der Waals surface area contributed by atoms with Crippen molar-refractivity contribution >= 4 is 19.9 Å². The van der Waals surface area contributed by atoms with E-state index in [-0.39, 0.29) is 11.7 Å². The SMILES string of the molecule is [B]C1C=NCC(/C(N=NC)=N/NC)=CC1C. The number of hydrazone groups is 1. The molecular formula is C10H16BN5. The average molecular weight is 217 g/mol. The number of nitrogens with one attached hydrogen (secondary N) is 1. The van der Waals surface area contributed by atoms with Crippen LogP contribution in [0.5, 0.6) is 0 Å². The molecular weight excluding hydrogens is 201 g/mol. The zero-order valence-electron chi connectivity index (χ0n) is 9.88. The van der Waals surface area contributed by atoms with Crippen LogP contribution in [-0.2, 0) is 0 Å². The molecule has 5 nitrogen and oxygen atoms in total. The fourth-order valence-corrected chi connectivity index (χ4v) is 1.39. The third-order valence-electron chi connectivity index (χ3n) is 2.31. The van der Waals surface area contributed by atoms with Gasteiger partial charge in [0.2, 0.25) is 0 Å². The molecule has 16 heavy (non-hydrogen) atoms. The maximum atomic E-state index is 5.89. The third kappa shape index (κ3) is 3.29. The van der Waals surface area contributed by atoms with Gasteiger partial charge in [-0.2, -0.15) is 10.2 Å². The quantitative estimate of drug-likeness (QED) is 0.244. The Morgan fingerprint density at radius 3 is 3.00 bits per heavy atom. The Morgan fingerprint density at radius 2 is 2.38 bits per heavy atom. The molecule has 0 bridgehead atoms. The molecule has 1 N–H and O–H groups in total. The Bertz CT molecular complexity index is 345. The molecule has 2 atom stereocenters. The van der Waals surface area contributed by atoms with E-state index in [1.807, 2.05) is 13.0 Å². The Balaban J connectivity index is 2.97. The van der Waals surface area contributed by atoms with Crippen LogP contribution in [-0.4, -0.2) is 40.5 Å². The normalized spacial score (nSPS) is 26.7. The summed E-state index contributed by atoms with van der Waals surface area (Å²) >= 11 is 0. The van der Waals surface area contributed by atoms with Crippen molar-refractivity contribution in [3.05, 3.63) is 11.6 Å². The molecule has 2 radical (unpaired) electrons. The van der Waals surface area contributed by atoms with Gasteiger partial charge in [0.15, 0.2) is 5.84 Å². The second-order valence-corrected chi connectivity index (χ2v) is 3.58. The Morgan fingerprint density at radius 1 is 1.62 bits per heavy atom. The van der Waals surface area contributed by atoms with Crippen molar-refractivity contribution in [1.29, 1.82) is 0 Å². The van der Waals surface area contributed by atoms with Gasteiger partial charge in [-0.3, -0.25) is 4.99 Å². The highest BCUT2D eigenvalue weighted by molar-refractivity contribution is 6.21. The van der Waals surface area contributed by atoms with Gasteiger partial charge in [0, 0.05) is 19.7 Å². The zero-order chi connectivity index (χ0) is 12.0. The minimum absolute atomic E-state index is 0.0492. The Kier molecular flexibility index (Phi) is 4.89. The molecule has 0 spiro atoms. The van der Waals surface area contributed by atoms with Crippen molar-refractivity contribution in [3.8, 4) is 0 Å². The number of hydrogen-bond donors (Lipinski definition) is 1. The summed E-state index contributed by atoms with van der Waals surface area (Å²) in [6, 6.07) is 0. The van der Waals surface area contributed by atoms with Crippen LogP contribution in [0, 0.1) is 5.92 Å². The first-order chi connectivity index (χ1) is 7.69. The van der Waals surface area contributed by atoms with Gasteiger partial charge in [-0.05, 0) is 17.9 Å². The number of nitrogens with zero attached hydrogens (tertiary/aromatic N) is 4. The van der Waals surface area contributed by atoms with Gasteiger partial charge in [0.1, 0.15) is 0 Å². The summed E-state index contributed by atoms with van der Waals surface area (Å²) in [5.74, 6) is 0.727. The van der Waals surface area contributed by atoms with Crippen LogP contribution >= 0.6 is 0 Å². The summed E-state index contributed by atoms with van der Waals surface area (Å²) in [4.78, 5) is 4.24. The summed E-state index contributed by atoms with van der Waals surface area (Å²) in [6.45, 7) is 2.58. The van der Waals surface area contributed by atoms with Crippen LogP contribution in [0.15, 0.2) is 32.0 Å². The largest absolute Gasteiger partial charge is 0.311 e. The van der Waals surface area contributed by atoms with E-state index < -0.39 is 0 Å². The molecule has 1 aliphatic heterocycles. The Hall–Kier alpha value is -1.46. The van der Waals surface area contributed by atoms with Crippen molar-refractivity contribution in [1.82, 2.24) is 5.43 Å². The number of azo groups is 1. The molecule has 0 aliphatic carbocycles. The van der Waals surface area contributed by atoms with E-state index in [2.05, 4.69) is 25.7 Å². The van der Waals surface area contributed by atoms with Gasteiger partial charge < -0.3 is 5.43 Å². The van der Waals surface area contributed by atoms with Crippen LogP contribution in [0.3, 0.4) is 0 Å². The molecule has 2 unspecified atom stereocenters. The summed E-state index contributed by atoms with van der Waals surface area (Å²) in [5, 5.41) is 11.8. The van der Waals surface area contributed by atoms with E-state index in [4.69, 9.17) is 7.85 Å². The van der Waals surface area contributed by atoms with Crippen molar-refractivity contribution in [2.45, 2.75) is 12.7 Å². The molecule has 0 saturated carbocycles. The maximum absolute atomic E-state index is 5.89. The molecule has 1 aliphatic rings. The van der Waals surface area contributed by atoms with E-state index in [9.17, 15) is 0 Å². The summed E-state index contributed by atoms with van der Waals surface area (Å²) < 4.78 is 0. The summed E-state index contributed by atoms with van der Waals surface area (Å²) in [6.07, 6.45) is 3.82. The molecule has 0 saturated heterocycles. The minimum Gasteiger partial charge on any atom is -0.311 e. The van der Waals surface area contributed by atoms with E-state index in [0.29, 0.717) is 12.4 Å². The first-order valence-corrected chi connectivity index (χ1v) is 5.20. The van der Waals surface area contributed by atoms with Crippen molar-refractivity contribution in [3.63, 3.8) is 0 Å². The number of aliphatic imine (C=N–C) groups is 1. The Labute approximate surface area is 97.2 Å². The van der Waals surface area contributed by atoms with Crippen LogP contribution in [0.1, 0.15) is 6.92 Å². The van der Waals surface area contributed by atoms with E-state index in [1.54, 1.807) is 20.3 Å². The molecule has 0 fully saturated rings. The number of hydrogen-bond acceptors (Lipinski definition) is 4. The standard InChI is InChI=1S/C10H16BN5/c1-7-4-8(5-14-6-9(7)11)10(15-12-2)16-13-3/h4,6-7,9,12H,5H2,1-3H3/b15-10-,16-13?. The first-order valence-electron chi connectivity index (χ1n) is 5.20. The van der Waals surface area contributed by atoms with Crippen LogP contribution in [0.2, 0.25) is 5.82 Å². The lowest BCUT2D eigenvalue weighted by Gasteiger charge is -2.10. The van der Waals surface area contributed by atoms with Crippen molar-refractivity contribution in [2.24, 2.45) is 26.2 Å². The predicted molar refractivity (Wildman–Crippen MR) is 67.4 cm³/mol. The summed E-state index contributed by atoms with van der Waals surface area (Å²) in [7, 11) is 9.22.